The second kappa shape index (κ2) is 9.45. The van der Waals surface area contributed by atoms with Crippen LogP contribution in [0.4, 0.5) is 9.18 Å². The van der Waals surface area contributed by atoms with Gasteiger partial charge in [-0.1, -0.05) is 30.3 Å². The number of nitrogens with one attached hydrogen (secondary N) is 1. The van der Waals surface area contributed by atoms with Gasteiger partial charge in [0.15, 0.2) is 5.82 Å². The Balaban J connectivity index is 1.25. The molecule has 0 atom stereocenters. The van der Waals surface area contributed by atoms with Crippen LogP contribution in [0.1, 0.15) is 11.4 Å². The summed E-state index contributed by atoms with van der Waals surface area (Å²) in [4.78, 5) is 16.5. The van der Waals surface area contributed by atoms with Gasteiger partial charge >= 0.3 is 6.03 Å². The highest BCUT2D eigenvalue weighted by atomic mass is 19.1. The first-order valence-electron chi connectivity index (χ1n) is 10.0. The van der Waals surface area contributed by atoms with Gasteiger partial charge in [0.1, 0.15) is 5.82 Å². The molecule has 1 aliphatic rings. The summed E-state index contributed by atoms with van der Waals surface area (Å²) in [5, 5.41) is 14.9. The van der Waals surface area contributed by atoms with Crippen molar-refractivity contribution in [3.8, 4) is 5.69 Å². The number of halogens is 1. The van der Waals surface area contributed by atoms with Crippen molar-refractivity contribution >= 4 is 6.03 Å². The third-order valence-electron chi connectivity index (χ3n) is 5.16. The molecular weight excluding hydrogens is 385 g/mol. The highest BCUT2D eigenvalue weighted by Gasteiger charge is 2.22. The molecule has 9 heteroatoms. The Morgan fingerprint density at radius 2 is 1.73 bits per heavy atom. The second-order valence-corrected chi connectivity index (χ2v) is 7.21. The predicted octanol–water partition coefficient (Wildman–Crippen LogP) is 1.87. The molecule has 30 heavy (non-hydrogen) atoms. The van der Waals surface area contributed by atoms with Crippen LogP contribution >= 0.6 is 0 Å². The van der Waals surface area contributed by atoms with Crippen LogP contribution in [-0.2, 0) is 13.0 Å². The number of amides is 2. The molecule has 0 aliphatic carbocycles. The summed E-state index contributed by atoms with van der Waals surface area (Å²) in [6.07, 6.45) is 0.818. The third kappa shape index (κ3) is 4.98. The first kappa shape index (κ1) is 20.0. The smallest absolute Gasteiger partial charge is 0.317 e. The fourth-order valence-electron chi connectivity index (χ4n) is 3.47. The molecule has 8 nitrogen and oxygen atoms in total. The fraction of sp³-hybridized carbons (Fsp3) is 0.333. The molecule has 2 aromatic carbocycles. The molecule has 156 valence electrons. The molecule has 2 heterocycles. The molecule has 1 aliphatic heterocycles. The number of hydrogen-bond donors (Lipinski definition) is 1. The van der Waals surface area contributed by atoms with Crippen molar-refractivity contribution < 1.29 is 9.18 Å². The maximum atomic E-state index is 13.2. The van der Waals surface area contributed by atoms with Gasteiger partial charge in [-0.05, 0) is 46.7 Å². The minimum atomic E-state index is -0.299. The monoisotopic (exact) mass is 409 g/mol. The van der Waals surface area contributed by atoms with Crippen LogP contribution in [0.5, 0.6) is 0 Å². The van der Waals surface area contributed by atoms with Crippen molar-refractivity contribution in [2.75, 3.05) is 32.7 Å². The highest BCUT2D eigenvalue weighted by molar-refractivity contribution is 5.74. The minimum absolute atomic E-state index is 0.0262. The molecule has 4 rings (SSSR count). The molecule has 1 aromatic heterocycles. The van der Waals surface area contributed by atoms with Crippen molar-refractivity contribution in [2.45, 2.75) is 13.0 Å². The maximum absolute atomic E-state index is 13.2. The number of carbonyl (C=O) groups excluding carboxylic acids is 1. The Kier molecular flexibility index (Phi) is 6.29. The number of nitrogens with zero attached hydrogens (tertiary/aromatic N) is 6. The number of aromatic nitrogens is 4. The Labute approximate surface area is 174 Å². The normalized spacial score (nSPS) is 14.6. The quantitative estimate of drug-likeness (QED) is 0.673. The van der Waals surface area contributed by atoms with Crippen LogP contribution in [0, 0.1) is 5.82 Å². The standard InChI is InChI=1S/C21H24FN7O/c22-18-6-8-19(9-7-18)29-20(24-25-26-29)16-27-12-14-28(15-13-27)21(30)23-11-10-17-4-2-1-3-5-17/h1-9H,10-16H2,(H,23,30). The highest BCUT2D eigenvalue weighted by Crippen LogP contribution is 2.12. The zero-order chi connectivity index (χ0) is 20.8. The molecular formula is C21H24FN7O. The number of urea groups is 1. The van der Waals surface area contributed by atoms with Gasteiger partial charge in [-0.25, -0.2) is 9.18 Å². The molecule has 2 amide bonds. The van der Waals surface area contributed by atoms with Crippen LogP contribution in [0.3, 0.4) is 0 Å². The van der Waals surface area contributed by atoms with E-state index in [1.807, 2.05) is 23.1 Å². The Morgan fingerprint density at radius 3 is 2.47 bits per heavy atom. The van der Waals surface area contributed by atoms with E-state index in [0.717, 1.165) is 19.5 Å². The summed E-state index contributed by atoms with van der Waals surface area (Å²) in [6.45, 7) is 3.96. The number of piperazine rings is 1. The van der Waals surface area contributed by atoms with E-state index >= 15 is 0 Å². The van der Waals surface area contributed by atoms with Crippen LogP contribution < -0.4 is 5.32 Å². The van der Waals surface area contributed by atoms with E-state index in [1.165, 1.54) is 17.7 Å². The molecule has 1 N–H and O–H groups in total. The number of tetrazole rings is 1. The van der Waals surface area contributed by atoms with Gasteiger partial charge < -0.3 is 10.2 Å². The molecule has 1 saturated heterocycles. The van der Waals surface area contributed by atoms with Crippen molar-refractivity contribution in [3.63, 3.8) is 0 Å². The first-order valence-corrected chi connectivity index (χ1v) is 10.0. The lowest BCUT2D eigenvalue weighted by molar-refractivity contribution is 0.133. The second-order valence-electron chi connectivity index (χ2n) is 7.21. The van der Waals surface area contributed by atoms with E-state index in [2.05, 4.69) is 37.9 Å². The zero-order valence-electron chi connectivity index (χ0n) is 16.6. The van der Waals surface area contributed by atoms with Crippen molar-refractivity contribution in [3.05, 3.63) is 71.8 Å². The van der Waals surface area contributed by atoms with Gasteiger partial charge in [-0.2, -0.15) is 4.68 Å². The van der Waals surface area contributed by atoms with Crippen LogP contribution in [0.2, 0.25) is 0 Å². The van der Waals surface area contributed by atoms with Crippen LogP contribution in [0.25, 0.3) is 5.69 Å². The Bertz CT molecular complexity index is 953. The summed E-state index contributed by atoms with van der Waals surface area (Å²) in [7, 11) is 0. The summed E-state index contributed by atoms with van der Waals surface area (Å²) in [5.74, 6) is 0.383. The molecule has 0 bridgehead atoms. The maximum Gasteiger partial charge on any atom is 0.317 e. The van der Waals surface area contributed by atoms with Gasteiger partial charge in [-0.3, -0.25) is 4.90 Å². The first-order chi connectivity index (χ1) is 14.7. The van der Waals surface area contributed by atoms with E-state index < -0.39 is 0 Å². The SMILES string of the molecule is O=C(NCCc1ccccc1)N1CCN(Cc2nnnn2-c2ccc(F)cc2)CC1. The molecule has 0 radical (unpaired) electrons. The lowest BCUT2D eigenvalue weighted by Gasteiger charge is -2.34. The molecule has 0 saturated carbocycles. The summed E-state index contributed by atoms with van der Waals surface area (Å²) in [5.41, 5.74) is 1.93. The van der Waals surface area contributed by atoms with E-state index in [1.54, 1.807) is 16.8 Å². The average molecular weight is 409 g/mol. The van der Waals surface area contributed by atoms with E-state index in [9.17, 15) is 9.18 Å². The summed E-state index contributed by atoms with van der Waals surface area (Å²) < 4.78 is 14.8. The topological polar surface area (TPSA) is 79.2 Å². The third-order valence-corrected chi connectivity index (χ3v) is 5.16. The lowest BCUT2D eigenvalue weighted by Crippen LogP contribution is -2.51. The predicted molar refractivity (Wildman–Crippen MR) is 110 cm³/mol. The Morgan fingerprint density at radius 1 is 1.00 bits per heavy atom. The molecule has 0 unspecified atom stereocenters. The van der Waals surface area contributed by atoms with Gasteiger partial charge in [0, 0.05) is 32.7 Å². The van der Waals surface area contributed by atoms with Crippen molar-refractivity contribution in [1.29, 1.82) is 0 Å². The average Bonchev–Trinajstić information content (AvgIpc) is 3.23. The largest absolute Gasteiger partial charge is 0.338 e. The van der Waals surface area contributed by atoms with E-state index in [4.69, 9.17) is 0 Å². The molecule has 3 aromatic rings. The van der Waals surface area contributed by atoms with Gasteiger partial charge in [0.25, 0.3) is 0 Å². The van der Waals surface area contributed by atoms with Crippen molar-refractivity contribution in [1.82, 2.24) is 35.3 Å². The fourth-order valence-corrected chi connectivity index (χ4v) is 3.47. The summed E-state index contributed by atoms with van der Waals surface area (Å²) >= 11 is 0. The Hall–Kier alpha value is -3.33. The minimum Gasteiger partial charge on any atom is -0.338 e. The summed E-state index contributed by atoms with van der Waals surface area (Å²) in [6, 6.07) is 16.1. The molecule has 0 spiro atoms. The van der Waals surface area contributed by atoms with E-state index in [-0.39, 0.29) is 11.8 Å². The molecule has 1 fully saturated rings. The van der Waals surface area contributed by atoms with Crippen molar-refractivity contribution in [2.24, 2.45) is 0 Å². The number of rotatable bonds is 6. The van der Waals surface area contributed by atoms with Gasteiger partial charge in [0.05, 0.1) is 12.2 Å². The van der Waals surface area contributed by atoms with Crippen LogP contribution in [-0.4, -0.2) is 68.8 Å². The van der Waals surface area contributed by atoms with Gasteiger partial charge in [0.2, 0.25) is 0 Å². The number of hydrogen-bond acceptors (Lipinski definition) is 5. The lowest BCUT2D eigenvalue weighted by atomic mass is 10.1. The zero-order valence-corrected chi connectivity index (χ0v) is 16.6. The van der Waals surface area contributed by atoms with E-state index in [0.29, 0.717) is 37.7 Å². The number of benzene rings is 2. The van der Waals surface area contributed by atoms with Crippen LogP contribution in [0.15, 0.2) is 54.6 Å². The number of carbonyl (C=O) groups is 1. The van der Waals surface area contributed by atoms with Gasteiger partial charge in [-0.15, -0.1) is 5.10 Å².